The molecule has 0 bridgehead atoms. The van der Waals surface area contributed by atoms with Crippen LogP contribution in [-0.2, 0) is 4.74 Å². The van der Waals surface area contributed by atoms with Crippen molar-refractivity contribution < 1.29 is 13.9 Å². The third-order valence-corrected chi connectivity index (χ3v) is 4.02. The summed E-state index contributed by atoms with van der Waals surface area (Å²) in [5.74, 6) is -0.748. The monoisotopic (exact) mass is 343 g/mol. The molecule has 0 aromatic heterocycles. The van der Waals surface area contributed by atoms with Gasteiger partial charge in [0.25, 0.3) is 5.91 Å². The third kappa shape index (κ3) is 3.58. The average Bonchev–Trinajstić information content (AvgIpc) is 2.47. The van der Waals surface area contributed by atoms with Crippen LogP contribution in [0.15, 0.2) is 22.7 Å². The molecule has 0 N–H and O–H groups in total. The zero-order chi connectivity index (χ0) is 14.5. The number of halogens is 2. The van der Waals surface area contributed by atoms with Crippen LogP contribution in [0.1, 0.15) is 36.5 Å². The number of ether oxygens (including phenoxy) is 1. The molecule has 5 heteroatoms. The number of hydrogen-bond donors (Lipinski definition) is 0. The molecule has 1 aliphatic rings. The summed E-state index contributed by atoms with van der Waals surface area (Å²) in [5, 5.41) is 0. The smallest absolute Gasteiger partial charge is 0.256 e. The number of carbonyl (C=O) groups is 1. The molecule has 1 amide bonds. The van der Waals surface area contributed by atoms with Crippen LogP contribution in [0.3, 0.4) is 0 Å². The minimum atomic E-state index is -0.492. The Bertz CT molecular complexity index is 481. The highest BCUT2D eigenvalue weighted by molar-refractivity contribution is 9.10. The van der Waals surface area contributed by atoms with Crippen molar-refractivity contribution in [3.63, 3.8) is 0 Å². The van der Waals surface area contributed by atoms with Crippen LogP contribution in [0.5, 0.6) is 0 Å². The van der Waals surface area contributed by atoms with Crippen molar-refractivity contribution in [3.8, 4) is 0 Å². The Labute approximate surface area is 127 Å². The van der Waals surface area contributed by atoms with E-state index in [1.54, 1.807) is 17.0 Å². The molecule has 0 saturated carbocycles. The van der Waals surface area contributed by atoms with Crippen molar-refractivity contribution in [3.05, 3.63) is 34.1 Å². The van der Waals surface area contributed by atoms with Gasteiger partial charge in [-0.3, -0.25) is 4.79 Å². The molecule has 110 valence electrons. The Kier molecular flexibility index (Phi) is 5.54. The van der Waals surface area contributed by atoms with Gasteiger partial charge in [-0.25, -0.2) is 4.39 Å². The van der Waals surface area contributed by atoms with E-state index in [1.165, 1.54) is 6.07 Å². The minimum Gasteiger partial charge on any atom is -0.376 e. The summed E-state index contributed by atoms with van der Waals surface area (Å²) >= 11 is 3.11. The van der Waals surface area contributed by atoms with Crippen LogP contribution in [0.4, 0.5) is 4.39 Å². The van der Waals surface area contributed by atoms with E-state index in [0.29, 0.717) is 24.2 Å². The van der Waals surface area contributed by atoms with Gasteiger partial charge in [0.15, 0.2) is 0 Å². The number of nitrogens with zero attached hydrogens (tertiary/aromatic N) is 1. The van der Waals surface area contributed by atoms with E-state index in [9.17, 15) is 9.18 Å². The van der Waals surface area contributed by atoms with E-state index in [-0.39, 0.29) is 17.6 Å². The van der Waals surface area contributed by atoms with Gasteiger partial charge in [-0.1, -0.05) is 13.0 Å². The molecule has 3 nitrogen and oxygen atoms in total. The lowest BCUT2D eigenvalue weighted by Gasteiger charge is -2.32. The Balaban J connectivity index is 2.06. The van der Waals surface area contributed by atoms with Gasteiger partial charge >= 0.3 is 0 Å². The molecule has 0 spiro atoms. The molecule has 0 aliphatic carbocycles. The quantitative estimate of drug-likeness (QED) is 0.835. The van der Waals surface area contributed by atoms with Crippen molar-refractivity contribution >= 4 is 21.8 Å². The Morgan fingerprint density at radius 2 is 2.35 bits per heavy atom. The minimum absolute atomic E-state index is 0.0721. The molecule has 1 aromatic carbocycles. The predicted octanol–water partition coefficient (Wildman–Crippen LogP) is 3.62. The van der Waals surface area contributed by atoms with Gasteiger partial charge in [-0.2, -0.15) is 0 Å². The fourth-order valence-corrected chi connectivity index (χ4v) is 2.75. The van der Waals surface area contributed by atoms with Gasteiger partial charge in [-0.05, 0) is 47.3 Å². The maximum atomic E-state index is 14.0. The highest BCUT2D eigenvalue weighted by Crippen LogP contribution is 2.22. The molecular formula is C15H19BrFNO2. The average molecular weight is 344 g/mol. The van der Waals surface area contributed by atoms with Gasteiger partial charge in [0.05, 0.1) is 16.1 Å². The van der Waals surface area contributed by atoms with E-state index in [0.717, 1.165) is 19.3 Å². The molecule has 2 rings (SSSR count). The lowest BCUT2D eigenvalue weighted by Crippen LogP contribution is -2.43. The Morgan fingerprint density at radius 1 is 1.55 bits per heavy atom. The molecule has 1 fully saturated rings. The van der Waals surface area contributed by atoms with Crippen LogP contribution in [0.25, 0.3) is 0 Å². The van der Waals surface area contributed by atoms with E-state index in [4.69, 9.17) is 4.74 Å². The van der Waals surface area contributed by atoms with Gasteiger partial charge in [0, 0.05) is 19.7 Å². The number of hydrogen-bond acceptors (Lipinski definition) is 2. The Morgan fingerprint density at radius 3 is 3.10 bits per heavy atom. The molecule has 1 aliphatic heterocycles. The van der Waals surface area contributed by atoms with Crippen LogP contribution >= 0.6 is 15.9 Å². The molecule has 1 aromatic rings. The van der Waals surface area contributed by atoms with E-state index in [1.807, 2.05) is 0 Å². The molecule has 1 saturated heterocycles. The lowest BCUT2D eigenvalue weighted by molar-refractivity contribution is 0.00196. The molecule has 0 radical (unpaired) electrons. The number of likely N-dealkylation sites (tertiary alicyclic amines) is 1. The molecule has 1 unspecified atom stereocenters. The van der Waals surface area contributed by atoms with Crippen molar-refractivity contribution in [1.82, 2.24) is 4.90 Å². The number of amides is 1. The Hall–Kier alpha value is -0.940. The maximum absolute atomic E-state index is 14.0. The fraction of sp³-hybridized carbons (Fsp3) is 0.533. The second kappa shape index (κ2) is 7.18. The molecule has 1 atom stereocenters. The first-order valence-electron chi connectivity index (χ1n) is 6.98. The highest BCUT2D eigenvalue weighted by Gasteiger charge is 2.26. The molecule has 20 heavy (non-hydrogen) atoms. The second-order valence-corrected chi connectivity index (χ2v) is 5.84. The van der Waals surface area contributed by atoms with Crippen molar-refractivity contribution in [2.24, 2.45) is 0 Å². The van der Waals surface area contributed by atoms with Crippen molar-refractivity contribution in [2.45, 2.75) is 32.3 Å². The van der Waals surface area contributed by atoms with E-state index < -0.39 is 5.82 Å². The number of rotatable bonds is 4. The number of piperidine rings is 1. The molecule has 1 heterocycles. The first kappa shape index (κ1) is 15.4. The summed E-state index contributed by atoms with van der Waals surface area (Å²) in [6.45, 7) is 3.97. The van der Waals surface area contributed by atoms with Crippen LogP contribution in [0, 0.1) is 5.82 Å². The zero-order valence-corrected chi connectivity index (χ0v) is 13.2. The standard InChI is InChI=1S/C15H19BrFNO2/c1-2-9-20-11-5-4-8-18(10-11)15(19)12-6-3-7-13(16)14(12)17/h3,6-7,11H,2,4-5,8-10H2,1H3. The van der Waals surface area contributed by atoms with Gasteiger partial charge < -0.3 is 9.64 Å². The van der Waals surface area contributed by atoms with Gasteiger partial charge in [0.1, 0.15) is 5.82 Å². The zero-order valence-electron chi connectivity index (χ0n) is 11.6. The summed E-state index contributed by atoms with van der Waals surface area (Å²) < 4.78 is 20.0. The van der Waals surface area contributed by atoms with Gasteiger partial charge in [-0.15, -0.1) is 0 Å². The van der Waals surface area contributed by atoms with Crippen LogP contribution < -0.4 is 0 Å². The second-order valence-electron chi connectivity index (χ2n) is 4.99. The first-order chi connectivity index (χ1) is 9.63. The van der Waals surface area contributed by atoms with Crippen molar-refractivity contribution in [2.75, 3.05) is 19.7 Å². The van der Waals surface area contributed by atoms with Gasteiger partial charge in [0.2, 0.25) is 0 Å². The summed E-state index contributed by atoms with van der Waals surface area (Å²) in [5.41, 5.74) is 0.121. The van der Waals surface area contributed by atoms with Crippen LogP contribution in [-0.4, -0.2) is 36.6 Å². The van der Waals surface area contributed by atoms with E-state index in [2.05, 4.69) is 22.9 Å². The summed E-state index contributed by atoms with van der Waals surface area (Å²) in [4.78, 5) is 14.1. The van der Waals surface area contributed by atoms with Crippen LogP contribution in [0.2, 0.25) is 0 Å². The fourth-order valence-electron chi connectivity index (χ4n) is 2.38. The summed E-state index contributed by atoms with van der Waals surface area (Å²) in [7, 11) is 0. The maximum Gasteiger partial charge on any atom is 0.256 e. The lowest BCUT2D eigenvalue weighted by atomic mass is 10.1. The highest BCUT2D eigenvalue weighted by atomic mass is 79.9. The summed E-state index contributed by atoms with van der Waals surface area (Å²) in [6.07, 6.45) is 2.90. The van der Waals surface area contributed by atoms with E-state index >= 15 is 0 Å². The number of carbonyl (C=O) groups excluding carboxylic acids is 1. The first-order valence-corrected chi connectivity index (χ1v) is 7.77. The third-order valence-electron chi connectivity index (χ3n) is 3.41. The normalized spacial score (nSPS) is 19.1. The number of benzene rings is 1. The topological polar surface area (TPSA) is 29.5 Å². The largest absolute Gasteiger partial charge is 0.376 e. The predicted molar refractivity (Wildman–Crippen MR) is 79.3 cm³/mol. The SMILES string of the molecule is CCCOC1CCCN(C(=O)c2cccc(Br)c2F)C1. The molecular weight excluding hydrogens is 325 g/mol. The summed E-state index contributed by atoms with van der Waals surface area (Å²) in [6, 6.07) is 4.80. The van der Waals surface area contributed by atoms with Crippen molar-refractivity contribution in [1.29, 1.82) is 0 Å².